The second kappa shape index (κ2) is 8.71. The Morgan fingerprint density at radius 1 is 1.28 bits per heavy atom. The van der Waals surface area contributed by atoms with Crippen LogP contribution in [0.5, 0.6) is 5.75 Å². The van der Waals surface area contributed by atoms with E-state index in [2.05, 4.69) is 10.3 Å². The Balaban J connectivity index is 0.00000225. The Morgan fingerprint density at radius 3 is 2.64 bits per heavy atom. The van der Waals surface area contributed by atoms with Crippen molar-refractivity contribution >= 4 is 47.2 Å². The molecule has 1 saturated carbocycles. The standard InChI is InChI=1S/C18H19ClFN3O.HI/c1-24-17-7-6-12(10-15(17)19)22-18(21)23-13-8-11(9-13)14-4-2-3-5-16(14)20;/h2-7,10-11,13H,8-9H2,1H3,(H3,21,22,23);1H. The van der Waals surface area contributed by atoms with E-state index in [0.717, 1.165) is 24.1 Å². The molecule has 2 aromatic rings. The van der Waals surface area contributed by atoms with Crippen molar-refractivity contribution in [3.8, 4) is 5.75 Å². The van der Waals surface area contributed by atoms with Crippen LogP contribution in [0, 0.1) is 5.82 Å². The molecule has 1 aliphatic rings. The van der Waals surface area contributed by atoms with Crippen LogP contribution < -0.4 is 15.8 Å². The van der Waals surface area contributed by atoms with Gasteiger partial charge in [-0.25, -0.2) is 9.38 Å². The van der Waals surface area contributed by atoms with Gasteiger partial charge in [0, 0.05) is 5.69 Å². The number of halogens is 3. The predicted molar refractivity (Wildman–Crippen MR) is 111 cm³/mol. The predicted octanol–water partition coefficient (Wildman–Crippen LogP) is 4.78. The molecule has 0 radical (unpaired) electrons. The average molecular weight is 476 g/mol. The normalized spacial score (nSPS) is 19.6. The summed E-state index contributed by atoms with van der Waals surface area (Å²) in [5, 5.41) is 3.51. The maximum Gasteiger partial charge on any atom is 0.193 e. The number of nitrogens with one attached hydrogen (secondary N) is 1. The third-order valence-electron chi connectivity index (χ3n) is 4.20. The van der Waals surface area contributed by atoms with Crippen LogP contribution in [-0.4, -0.2) is 19.1 Å². The zero-order valence-electron chi connectivity index (χ0n) is 13.7. The van der Waals surface area contributed by atoms with E-state index in [-0.39, 0.29) is 41.8 Å². The summed E-state index contributed by atoms with van der Waals surface area (Å²) in [5.74, 6) is 0.991. The van der Waals surface area contributed by atoms with Crippen LogP contribution in [0.1, 0.15) is 24.3 Å². The molecule has 134 valence electrons. The Kier molecular flexibility index (Phi) is 6.89. The molecule has 1 aliphatic carbocycles. The lowest BCUT2D eigenvalue weighted by Gasteiger charge is -2.33. The molecule has 25 heavy (non-hydrogen) atoms. The molecule has 3 N–H and O–H groups in total. The topological polar surface area (TPSA) is 59.6 Å². The van der Waals surface area contributed by atoms with E-state index in [0.29, 0.717) is 16.7 Å². The highest BCUT2D eigenvalue weighted by Crippen LogP contribution is 2.39. The summed E-state index contributed by atoms with van der Waals surface area (Å²) < 4.78 is 18.8. The van der Waals surface area contributed by atoms with E-state index in [1.165, 1.54) is 6.07 Å². The molecule has 7 heteroatoms. The lowest BCUT2D eigenvalue weighted by Crippen LogP contribution is -2.31. The molecule has 1 fully saturated rings. The molecule has 0 heterocycles. The number of hydrogen-bond donors (Lipinski definition) is 2. The number of methoxy groups -OCH3 is 1. The monoisotopic (exact) mass is 475 g/mol. The molecule has 2 aromatic carbocycles. The van der Waals surface area contributed by atoms with Crippen molar-refractivity contribution in [3.63, 3.8) is 0 Å². The van der Waals surface area contributed by atoms with Crippen LogP contribution in [0.3, 0.4) is 0 Å². The highest BCUT2D eigenvalue weighted by atomic mass is 127. The first kappa shape index (κ1) is 19.8. The molecular weight excluding hydrogens is 456 g/mol. The number of hydrogen-bond acceptors (Lipinski definition) is 2. The van der Waals surface area contributed by atoms with Crippen molar-refractivity contribution in [2.75, 3.05) is 12.4 Å². The molecule has 0 aromatic heterocycles. The maximum absolute atomic E-state index is 13.7. The Morgan fingerprint density at radius 2 is 2.00 bits per heavy atom. The first-order valence-corrected chi connectivity index (χ1v) is 8.13. The average Bonchev–Trinajstić information content (AvgIpc) is 2.52. The van der Waals surface area contributed by atoms with Gasteiger partial charge in [-0.1, -0.05) is 29.8 Å². The zero-order chi connectivity index (χ0) is 17.1. The van der Waals surface area contributed by atoms with Gasteiger partial charge in [0.25, 0.3) is 0 Å². The number of guanidine groups is 1. The van der Waals surface area contributed by atoms with Crippen LogP contribution in [0.4, 0.5) is 10.1 Å². The fourth-order valence-corrected chi connectivity index (χ4v) is 3.13. The van der Waals surface area contributed by atoms with Gasteiger partial charge < -0.3 is 15.8 Å². The van der Waals surface area contributed by atoms with Crippen LogP contribution in [0.15, 0.2) is 47.5 Å². The van der Waals surface area contributed by atoms with Crippen molar-refractivity contribution < 1.29 is 9.13 Å². The lowest BCUT2D eigenvalue weighted by molar-refractivity contribution is 0.344. The number of ether oxygens (including phenoxy) is 1. The third-order valence-corrected chi connectivity index (χ3v) is 4.50. The smallest absolute Gasteiger partial charge is 0.193 e. The zero-order valence-corrected chi connectivity index (χ0v) is 16.8. The highest BCUT2D eigenvalue weighted by Gasteiger charge is 2.31. The number of nitrogens with two attached hydrogens (primary N) is 1. The summed E-state index contributed by atoms with van der Waals surface area (Å²) in [4.78, 5) is 4.44. The summed E-state index contributed by atoms with van der Waals surface area (Å²) >= 11 is 6.08. The van der Waals surface area contributed by atoms with Gasteiger partial charge in [-0.2, -0.15) is 0 Å². The lowest BCUT2D eigenvalue weighted by atomic mass is 9.76. The van der Waals surface area contributed by atoms with Gasteiger partial charge in [0.2, 0.25) is 0 Å². The van der Waals surface area contributed by atoms with Crippen molar-refractivity contribution in [3.05, 3.63) is 58.9 Å². The summed E-state index contributed by atoms with van der Waals surface area (Å²) in [6.07, 6.45) is 1.60. The molecule has 0 amide bonds. The van der Waals surface area contributed by atoms with Crippen molar-refractivity contribution in [2.24, 2.45) is 10.7 Å². The molecule has 3 rings (SSSR count). The van der Waals surface area contributed by atoms with Gasteiger partial charge in [0.1, 0.15) is 11.6 Å². The molecule has 0 unspecified atom stereocenters. The van der Waals surface area contributed by atoms with E-state index in [9.17, 15) is 4.39 Å². The van der Waals surface area contributed by atoms with E-state index in [4.69, 9.17) is 22.1 Å². The summed E-state index contributed by atoms with van der Waals surface area (Å²) in [5.41, 5.74) is 7.45. The molecular formula is C18H20ClFIN3O. The minimum absolute atomic E-state index is 0. The minimum Gasteiger partial charge on any atom is -0.495 e. The van der Waals surface area contributed by atoms with Gasteiger partial charge in [-0.15, -0.1) is 24.0 Å². The molecule has 0 atom stereocenters. The first-order chi connectivity index (χ1) is 11.6. The van der Waals surface area contributed by atoms with Crippen LogP contribution in [-0.2, 0) is 0 Å². The number of benzene rings is 2. The fourth-order valence-electron chi connectivity index (χ4n) is 2.87. The van der Waals surface area contributed by atoms with E-state index >= 15 is 0 Å². The molecule has 0 saturated heterocycles. The molecule has 0 spiro atoms. The second-order valence-corrected chi connectivity index (χ2v) is 6.24. The van der Waals surface area contributed by atoms with E-state index in [1.807, 2.05) is 18.2 Å². The van der Waals surface area contributed by atoms with Gasteiger partial charge in [0.15, 0.2) is 5.96 Å². The molecule has 0 aliphatic heterocycles. The summed E-state index contributed by atoms with van der Waals surface area (Å²) in [6, 6.07) is 12.3. The number of rotatable bonds is 4. The number of anilines is 1. The summed E-state index contributed by atoms with van der Waals surface area (Å²) in [6.45, 7) is 0. The van der Waals surface area contributed by atoms with Crippen molar-refractivity contribution in [1.29, 1.82) is 0 Å². The minimum atomic E-state index is -0.149. The Bertz CT molecular complexity index is 766. The second-order valence-electron chi connectivity index (χ2n) is 5.83. The number of aliphatic imine (C=N–C) groups is 1. The molecule has 0 bridgehead atoms. The molecule has 4 nitrogen and oxygen atoms in total. The van der Waals surface area contributed by atoms with Crippen LogP contribution in [0.25, 0.3) is 0 Å². The summed E-state index contributed by atoms with van der Waals surface area (Å²) in [7, 11) is 1.56. The first-order valence-electron chi connectivity index (χ1n) is 7.75. The SMILES string of the molecule is COc1ccc(NC(N)=NC2CC(c3ccccc3F)C2)cc1Cl.I. The van der Waals surface area contributed by atoms with Gasteiger partial charge in [0.05, 0.1) is 18.2 Å². The van der Waals surface area contributed by atoms with Crippen LogP contribution in [0.2, 0.25) is 5.02 Å². The van der Waals surface area contributed by atoms with Gasteiger partial charge >= 0.3 is 0 Å². The third kappa shape index (κ3) is 4.76. The maximum atomic E-state index is 13.7. The quantitative estimate of drug-likeness (QED) is 0.380. The van der Waals surface area contributed by atoms with Crippen LogP contribution >= 0.6 is 35.6 Å². The highest BCUT2D eigenvalue weighted by molar-refractivity contribution is 14.0. The fraction of sp³-hybridized carbons (Fsp3) is 0.278. The van der Waals surface area contributed by atoms with Gasteiger partial charge in [-0.05, 0) is 48.6 Å². The largest absolute Gasteiger partial charge is 0.495 e. The number of nitrogens with zero attached hydrogens (tertiary/aromatic N) is 1. The van der Waals surface area contributed by atoms with E-state index < -0.39 is 0 Å². The Labute approximate surface area is 168 Å². The van der Waals surface area contributed by atoms with Crippen molar-refractivity contribution in [2.45, 2.75) is 24.8 Å². The van der Waals surface area contributed by atoms with Crippen molar-refractivity contribution in [1.82, 2.24) is 0 Å². The van der Waals surface area contributed by atoms with E-state index in [1.54, 1.807) is 25.3 Å². The Hall–Kier alpha value is -1.54. The van der Waals surface area contributed by atoms with Gasteiger partial charge in [-0.3, -0.25) is 0 Å².